The zero-order valence-corrected chi connectivity index (χ0v) is 18.7. The zero-order chi connectivity index (χ0) is 21.9. The first-order chi connectivity index (χ1) is 14.1. The summed E-state index contributed by atoms with van der Waals surface area (Å²) >= 11 is 1.30. The molecule has 3 rings (SSSR count). The van der Waals surface area contributed by atoms with Crippen molar-refractivity contribution >= 4 is 33.4 Å². The summed E-state index contributed by atoms with van der Waals surface area (Å²) in [7, 11) is -4.06. The number of amides is 2. The number of hydrogen-bond acceptors (Lipinski definition) is 6. The first-order valence-corrected chi connectivity index (χ1v) is 11.8. The lowest BCUT2D eigenvalue weighted by atomic mass is 9.87. The molecule has 1 atom stereocenters. The van der Waals surface area contributed by atoms with Crippen molar-refractivity contribution in [3.63, 3.8) is 0 Å². The van der Waals surface area contributed by atoms with Crippen LogP contribution in [-0.2, 0) is 20.4 Å². The minimum Gasteiger partial charge on any atom is -0.356 e. The lowest BCUT2D eigenvalue weighted by Crippen LogP contribution is -2.55. The third kappa shape index (κ3) is 5.45. The largest absolute Gasteiger partial charge is 0.356 e. The summed E-state index contributed by atoms with van der Waals surface area (Å²) in [6.45, 7) is 6.34. The molecule has 10 heteroatoms. The van der Waals surface area contributed by atoms with Gasteiger partial charge in [-0.2, -0.15) is 24.1 Å². The van der Waals surface area contributed by atoms with Crippen LogP contribution < -0.4 is 10.0 Å². The molecule has 162 valence electrons. The number of nitrogens with zero attached hydrogens (tertiary/aromatic N) is 1. The minimum atomic E-state index is -4.06. The Morgan fingerprint density at radius 1 is 1.10 bits per heavy atom. The third-order valence-corrected chi connectivity index (χ3v) is 6.82. The summed E-state index contributed by atoms with van der Waals surface area (Å²) in [4.78, 5) is 24.6. The summed E-state index contributed by atoms with van der Waals surface area (Å²) in [5.41, 5.74) is 1.81. The molecule has 1 aliphatic rings. The zero-order valence-electron chi connectivity index (χ0n) is 17.0. The Bertz CT molecular complexity index is 996. The van der Waals surface area contributed by atoms with Gasteiger partial charge in [-0.05, 0) is 34.6 Å². The lowest BCUT2D eigenvalue weighted by molar-refractivity contribution is -0.0175. The van der Waals surface area contributed by atoms with Gasteiger partial charge in [0, 0.05) is 17.5 Å². The number of morpholine rings is 1. The molecule has 2 N–H and O–H groups in total. The van der Waals surface area contributed by atoms with Gasteiger partial charge in [0.1, 0.15) is 6.23 Å². The predicted octanol–water partition coefficient (Wildman–Crippen LogP) is 2.11. The number of carbonyl (C=O) groups is 2. The maximum atomic E-state index is 12.6. The van der Waals surface area contributed by atoms with E-state index in [4.69, 9.17) is 4.74 Å². The lowest BCUT2D eigenvalue weighted by Gasteiger charge is -2.32. The molecule has 2 aromatic rings. The van der Waals surface area contributed by atoms with Crippen molar-refractivity contribution in [2.45, 2.75) is 32.4 Å². The van der Waals surface area contributed by atoms with Crippen molar-refractivity contribution < 1.29 is 22.7 Å². The molecule has 0 bridgehead atoms. The smallest absolute Gasteiger partial charge is 0.304 e. The van der Waals surface area contributed by atoms with E-state index in [9.17, 15) is 18.0 Å². The van der Waals surface area contributed by atoms with E-state index in [0.29, 0.717) is 5.56 Å². The summed E-state index contributed by atoms with van der Waals surface area (Å²) in [5.74, 6) is -1.05. The van der Waals surface area contributed by atoms with Gasteiger partial charge >= 0.3 is 10.2 Å². The molecular formula is C20H25N3O5S2. The van der Waals surface area contributed by atoms with Crippen LogP contribution in [0.1, 0.15) is 47.1 Å². The molecule has 0 saturated carbocycles. The molecular weight excluding hydrogens is 426 g/mol. The van der Waals surface area contributed by atoms with E-state index in [2.05, 4.69) is 30.8 Å². The van der Waals surface area contributed by atoms with Gasteiger partial charge in [0.15, 0.2) is 0 Å². The van der Waals surface area contributed by atoms with E-state index in [1.165, 1.54) is 11.3 Å². The van der Waals surface area contributed by atoms with E-state index in [1.807, 2.05) is 12.1 Å². The van der Waals surface area contributed by atoms with Crippen LogP contribution in [0, 0.1) is 0 Å². The van der Waals surface area contributed by atoms with Gasteiger partial charge < -0.3 is 10.1 Å². The fraction of sp³-hybridized carbons (Fsp3) is 0.400. The van der Waals surface area contributed by atoms with E-state index >= 15 is 0 Å². The molecule has 0 spiro atoms. The normalized spacial score (nSPS) is 18.0. The van der Waals surface area contributed by atoms with E-state index < -0.39 is 22.3 Å². The van der Waals surface area contributed by atoms with Gasteiger partial charge in [0.25, 0.3) is 11.8 Å². The number of nitrogens with one attached hydrogen (secondary N) is 2. The predicted molar refractivity (Wildman–Crippen MR) is 115 cm³/mol. The van der Waals surface area contributed by atoms with Gasteiger partial charge in [0.05, 0.1) is 18.7 Å². The number of hydrogen-bond donors (Lipinski definition) is 2. The number of thiophene rings is 1. The molecule has 1 fully saturated rings. The number of ether oxygens (including phenoxy) is 1. The Kier molecular flexibility index (Phi) is 6.61. The molecule has 2 amide bonds. The van der Waals surface area contributed by atoms with Crippen LogP contribution in [0.15, 0.2) is 41.1 Å². The van der Waals surface area contributed by atoms with Crippen molar-refractivity contribution in [3.8, 4) is 0 Å². The average Bonchev–Trinajstić information content (AvgIpc) is 3.22. The van der Waals surface area contributed by atoms with Crippen molar-refractivity contribution in [2.24, 2.45) is 0 Å². The first kappa shape index (κ1) is 22.4. The maximum absolute atomic E-state index is 12.6. The standard InChI is InChI=1S/C20H25N3O5S2/c1-20(2,3)16-6-4-14(5-7-16)18(24)21-17-12-23(9-10-28-17)30(26,27)22-19(25)15-8-11-29-13-15/h4-8,11,13,17H,9-10,12H2,1-3H3,(H,21,24)(H,22,25). The maximum Gasteiger partial charge on any atom is 0.304 e. The minimum absolute atomic E-state index is 0.0240. The Morgan fingerprint density at radius 3 is 2.40 bits per heavy atom. The van der Waals surface area contributed by atoms with Crippen molar-refractivity contribution in [1.82, 2.24) is 14.3 Å². The number of benzene rings is 1. The van der Waals surface area contributed by atoms with Crippen molar-refractivity contribution in [3.05, 3.63) is 57.8 Å². The molecule has 30 heavy (non-hydrogen) atoms. The molecule has 2 heterocycles. The topological polar surface area (TPSA) is 105 Å². The van der Waals surface area contributed by atoms with Crippen LogP contribution in [0.4, 0.5) is 0 Å². The summed E-state index contributed by atoms with van der Waals surface area (Å²) in [5, 5.41) is 5.96. The SMILES string of the molecule is CC(C)(C)c1ccc(C(=O)NC2CN(S(=O)(=O)NC(=O)c3ccsc3)CCO2)cc1. The van der Waals surface area contributed by atoms with Crippen LogP contribution in [0.5, 0.6) is 0 Å². The summed E-state index contributed by atoms with van der Waals surface area (Å²) < 4.78 is 33.8. The van der Waals surface area contributed by atoms with E-state index in [0.717, 1.165) is 9.87 Å². The second-order valence-corrected chi connectivity index (χ2v) is 10.4. The molecule has 1 saturated heterocycles. The molecule has 8 nitrogen and oxygen atoms in total. The quantitative estimate of drug-likeness (QED) is 0.725. The van der Waals surface area contributed by atoms with Gasteiger partial charge in [0.2, 0.25) is 0 Å². The highest BCUT2D eigenvalue weighted by atomic mass is 32.2. The second kappa shape index (κ2) is 8.84. The van der Waals surface area contributed by atoms with E-state index in [1.54, 1.807) is 29.0 Å². The first-order valence-electron chi connectivity index (χ1n) is 9.44. The van der Waals surface area contributed by atoms with Gasteiger partial charge in [-0.1, -0.05) is 32.9 Å². The highest BCUT2D eigenvalue weighted by Gasteiger charge is 2.32. The van der Waals surface area contributed by atoms with Gasteiger partial charge in [-0.3, -0.25) is 9.59 Å². The molecule has 0 aliphatic carbocycles. The Morgan fingerprint density at radius 2 is 1.80 bits per heavy atom. The monoisotopic (exact) mass is 451 g/mol. The fourth-order valence-electron chi connectivity index (χ4n) is 2.92. The van der Waals surface area contributed by atoms with Crippen LogP contribution in [-0.4, -0.2) is 50.5 Å². The highest BCUT2D eigenvalue weighted by Crippen LogP contribution is 2.22. The van der Waals surface area contributed by atoms with Gasteiger partial charge in [-0.15, -0.1) is 0 Å². The van der Waals surface area contributed by atoms with E-state index in [-0.39, 0.29) is 36.6 Å². The molecule has 1 aromatic heterocycles. The van der Waals surface area contributed by atoms with Crippen LogP contribution in [0.25, 0.3) is 0 Å². The van der Waals surface area contributed by atoms with Crippen LogP contribution >= 0.6 is 11.3 Å². The Labute approximate surface area is 180 Å². The highest BCUT2D eigenvalue weighted by molar-refractivity contribution is 7.87. The third-order valence-electron chi connectivity index (χ3n) is 4.68. The van der Waals surface area contributed by atoms with Crippen LogP contribution in [0.2, 0.25) is 0 Å². The molecule has 1 unspecified atom stereocenters. The van der Waals surface area contributed by atoms with Crippen LogP contribution in [0.3, 0.4) is 0 Å². The summed E-state index contributed by atoms with van der Waals surface area (Å²) in [6.07, 6.45) is -0.818. The fourth-order valence-corrected chi connectivity index (χ4v) is 4.68. The molecule has 1 aromatic carbocycles. The second-order valence-electron chi connectivity index (χ2n) is 7.97. The average molecular weight is 452 g/mol. The molecule has 0 radical (unpaired) electrons. The Hall–Kier alpha value is -2.27. The van der Waals surface area contributed by atoms with Crippen molar-refractivity contribution in [1.29, 1.82) is 0 Å². The van der Waals surface area contributed by atoms with Gasteiger partial charge in [-0.25, -0.2) is 4.72 Å². The number of rotatable bonds is 5. The molecule has 1 aliphatic heterocycles. The van der Waals surface area contributed by atoms with Crippen molar-refractivity contribution in [2.75, 3.05) is 19.7 Å². The Balaban J connectivity index is 1.61. The summed E-state index contributed by atoms with van der Waals surface area (Å²) in [6, 6.07) is 8.80. The number of carbonyl (C=O) groups excluding carboxylic acids is 2.